The molecule has 0 N–H and O–H groups in total. The summed E-state index contributed by atoms with van der Waals surface area (Å²) in [4.78, 5) is 12.1. The van der Waals surface area contributed by atoms with Crippen molar-refractivity contribution in [2.45, 2.75) is 19.3 Å². The minimum atomic E-state index is 0.302. The van der Waals surface area contributed by atoms with Crippen molar-refractivity contribution >= 4 is 27.3 Å². The zero-order valence-electron chi connectivity index (χ0n) is 10.6. The summed E-state index contributed by atoms with van der Waals surface area (Å²) in [6.07, 6.45) is 2.72. The Kier molecular flexibility index (Phi) is 2.22. The van der Waals surface area contributed by atoms with Crippen LogP contribution in [0.1, 0.15) is 28.8 Å². The van der Waals surface area contributed by atoms with Crippen LogP contribution < -0.4 is 0 Å². The quantitative estimate of drug-likeness (QED) is 0.533. The first-order chi connectivity index (χ1) is 9.33. The Morgan fingerprint density at radius 3 is 2.58 bits per heavy atom. The van der Waals surface area contributed by atoms with Crippen LogP contribution in [0, 0.1) is 0 Å². The molecule has 3 aromatic rings. The minimum absolute atomic E-state index is 0.302. The van der Waals surface area contributed by atoms with E-state index < -0.39 is 0 Å². The molecule has 19 heavy (non-hydrogen) atoms. The average Bonchev–Trinajstić information content (AvgIpc) is 2.46. The number of fused-ring (bicyclic) bond motifs is 4. The maximum Gasteiger partial charge on any atom is 0.163 e. The highest BCUT2D eigenvalue weighted by atomic mass is 16.1. The molecule has 4 rings (SSSR count). The molecule has 0 saturated heterocycles. The van der Waals surface area contributed by atoms with Gasteiger partial charge >= 0.3 is 0 Å². The summed E-state index contributed by atoms with van der Waals surface area (Å²) in [7, 11) is 0. The lowest BCUT2D eigenvalue weighted by molar-refractivity contribution is 0.0972. The number of carbonyl (C=O) groups is 1. The number of benzene rings is 3. The normalized spacial score (nSPS) is 14.8. The van der Waals surface area contributed by atoms with Crippen molar-refractivity contribution in [3.63, 3.8) is 0 Å². The highest BCUT2D eigenvalue weighted by Gasteiger charge is 2.18. The monoisotopic (exact) mass is 246 g/mol. The first-order valence-electron chi connectivity index (χ1n) is 6.80. The summed E-state index contributed by atoms with van der Waals surface area (Å²) in [5.74, 6) is 0.302. The Labute approximate surface area is 111 Å². The zero-order valence-corrected chi connectivity index (χ0v) is 10.6. The largest absolute Gasteiger partial charge is 0.294 e. The topological polar surface area (TPSA) is 17.1 Å². The average molecular weight is 246 g/mol. The van der Waals surface area contributed by atoms with Gasteiger partial charge in [-0.2, -0.15) is 0 Å². The van der Waals surface area contributed by atoms with Gasteiger partial charge in [-0.3, -0.25) is 4.79 Å². The van der Waals surface area contributed by atoms with E-state index in [0.29, 0.717) is 12.2 Å². The van der Waals surface area contributed by atoms with Crippen molar-refractivity contribution in [3.8, 4) is 0 Å². The van der Waals surface area contributed by atoms with Crippen LogP contribution in [0.4, 0.5) is 0 Å². The predicted octanol–water partition coefficient (Wildman–Crippen LogP) is 4.51. The van der Waals surface area contributed by atoms with Crippen molar-refractivity contribution < 1.29 is 4.79 Å². The van der Waals surface area contributed by atoms with Crippen LogP contribution in [0.3, 0.4) is 0 Å². The van der Waals surface area contributed by atoms with Crippen LogP contribution in [0.5, 0.6) is 0 Å². The van der Waals surface area contributed by atoms with Crippen LogP contribution in [0.15, 0.2) is 48.5 Å². The number of rotatable bonds is 0. The zero-order chi connectivity index (χ0) is 12.8. The lowest BCUT2D eigenvalue weighted by atomic mass is 9.87. The third kappa shape index (κ3) is 1.58. The Bertz CT molecular complexity index is 814. The molecule has 0 aliphatic heterocycles. The molecular formula is C18H14O. The van der Waals surface area contributed by atoms with Crippen LogP contribution in [-0.2, 0) is 6.42 Å². The number of aryl methyl sites for hydroxylation is 1. The molecule has 0 heterocycles. The Balaban J connectivity index is 2.14. The molecule has 92 valence electrons. The maximum atomic E-state index is 12.1. The molecular weight excluding hydrogens is 232 g/mol. The van der Waals surface area contributed by atoms with E-state index in [-0.39, 0.29) is 0 Å². The molecule has 0 bridgehead atoms. The molecule has 0 radical (unpaired) electrons. The highest BCUT2D eigenvalue weighted by molar-refractivity contribution is 6.11. The van der Waals surface area contributed by atoms with Gasteiger partial charge in [0.1, 0.15) is 0 Å². The minimum Gasteiger partial charge on any atom is -0.294 e. The smallest absolute Gasteiger partial charge is 0.163 e. The number of carbonyl (C=O) groups excluding carboxylic acids is 1. The van der Waals surface area contributed by atoms with Gasteiger partial charge in [-0.15, -0.1) is 0 Å². The van der Waals surface area contributed by atoms with Crippen molar-refractivity contribution in [2.75, 3.05) is 0 Å². The van der Waals surface area contributed by atoms with Crippen molar-refractivity contribution in [2.24, 2.45) is 0 Å². The van der Waals surface area contributed by atoms with Crippen LogP contribution in [-0.4, -0.2) is 5.78 Å². The summed E-state index contributed by atoms with van der Waals surface area (Å²) in [6.45, 7) is 0. The van der Waals surface area contributed by atoms with E-state index in [1.165, 1.54) is 27.1 Å². The van der Waals surface area contributed by atoms with Gasteiger partial charge in [0, 0.05) is 12.0 Å². The van der Waals surface area contributed by atoms with E-state index in [9.17, 15) is 4.79 Å². The van der Waals surface area contributed by atoms with E-state index in [0.717, 1.165) is 18.4 Å². The molecule has 0 amide bonds. The summed E-state index contributed by atoms with van der Waals surface area (Å²) in [6, 6.07) is 17.0. The second-order valence-electron chi connectivity index (χ2n) is 5.29. The Hall–Kier alpha value is -2.15. The van der Waals surface area contributed by atoms with Crippen LogP contribution in [0.2, 0.25) is 0 Å². The fourth-order valence-electron chi connectivity index (χ4n) is 3.14. The van der Waals surface area contributed by atoms with E-state index in [4.69, 9.17) is 0 Å². The van der Waals surface area contributed by atoms with E-state index in [1.54, 1.807) is 0 Å². The van der Waals surface area contributed by atoms with Gasteiger partial charge < -0.3 is 0 Å². The first-order valence-corrected chi connectivity index (χ1v) is 6.80. The molecule has 1 heteroatoms. The fraction of sp³-hybridized carbons (Fsp3) is 0.167. The van der Waals surface area contributed by atoms with E-state index >= 15 is 0 Å². The number of Topliss-reactive ketones (excluding diaryl/α,β-unsaturated/α-hetero) is 1. The van der Waals surface area contributed by atoms with Gasteiger partial charge in [0.05, 0.1) is 0 Å². The molecule has 1 aliphatic rings. The predicted molar refractivity (Wildman–Crippen MR) is 78.7 cm³/mol. The van der Waals surface area contributed by atoms with Crippen LogP contribution in [0.25, 0.3) is 21.5 Å². The third-order valence-electron chi connectivity index (χ3n) is 4.12. The second kappa shape index (κ2) is 3.92. The lowest BCUT2D eigenvalue weighted by Gasteiger charge is -2.16. The standard InChI is InChI=1S/C18H14O/c19-18-7-3-5-13-10-14-9-8-12-4-1-2-6-15(12)16(14)11-17(13)18/h1-2,4,6,8-11H,3,5,7H2. The molecule has 0 fully saturated rings. The molecule has 0 aromatic heterocycles. The number of hydrogen-bond acceptors (Lipinski definition) is 1. The van der Waals surface area contributed by atoms with Gasteiger partial charge in [0.2, 0.25) is 0 Å². The molecule has 1 nitrogen and oxygen atoms in total. The SMILES string of the molecule is O=C1CCCc2cc3ccc4ccccc4c3cc21. The lowest BCUT2D eigenvalue weighted by Crippen LogP contribution is -2.10. The first kappa shape index (κ1) is 10.7. The summed E-state index contributed by atoms with van der Waals surface area (Å²) in [5.41, 5.74) is 2.16. The maximum absolute atomic E-state index is 12.1. The number of hydrogen-bond donors (Lipinski definition) is 0. The van der Waals surface area contributed by atoms with Crippen molar-refractivity contribution in [3.05, 3.63) is 59.7 Å². The summed E-state index contributed by atoms with van der Waals surface area (Å²) < 4.78 is 0. The summed E-state index contributed by atoms with van der Waals surface area (Å²) in [5, 5.41) is 4.92. The van der Waals surface area contributed by atoms with Crippen molar-refractivity contribution in [1.29, 1.82) is 0 Å². The molecule has 0 unspecified atom stereocenters. The van der Waals surface area contributed by atoms with Gasteiger partial charge in [-0.05, 0) is 46.0 Å². The summed E-state index contributed by atoms with van der Waals surface area (Å²) >= 11 is 0. The van der Waals surface area contributed by atoms with Gasteiger partial charge in [0.15, 0.2) is 5.78 Å². The van der Waals surface area contributed by atoms with Gasteiger partial charge in [-0.25, -0.2) is 0 Å². The van der Waals surface area contributed by atoms with Gasteiger partial charge in [0.25, 0.3) is 0 Å². The fourth-order valence-corrected chi connectivity index (χ4v) is 3.14. The molecule has 3 aromatic carbocycles. The molecule has 0 atom stereocenters. The van der Waals surface area contributed by atoms with E-state index in [2.05, 4.69) is 48.5 Å². The molecule has 1 aliphatic carbocycles. The second-order valence-corrected chi connectivity index (χ2v) is 5.29. The Morgan fingerprint density at radius 1 is 0.789 bits per heavy atom. The van der Waals surface area contributed by atoms with Crippen LogP contribution >= 0.6 is 0 Å². The van der Waals surface area contributed by atoms with E-state index in [1.807, 2.05) is 0 Å². The third-order valence-corrected chi connectivity index (χ3v) is 4.12. The van der Waals surface area contributed by atoms with Gasteiger partial charge in [-0.1, -0.05) is 42.5 Å². The number of ketones is 1. The Morgan fingerprint density at radius 2 is 1.63 bits per heavy atom. The van der Waals surface area contributed by atoms with Crippen molar-refractivity contribution in [1.82, 2.24) is 0 Å². The molecule has 0 spiro atoms. The molecule has 0 saturated carbocycles. The highest BCUT2D eigenvalue weighted by Crippen LogP contribution is 2.31.